The van der Waals surface area contributed by atoms with Crippen molar-refractivity contribution in [3.8, 4) is 5.75 Å². The maximum atomic E-state index is 13.2. The number of nitrogens with two attached hydrogens (primary N) is 1. The molecular weight excluding hydrogens is 345 g/mol. The van der Waals surface area contributed by atoms with Crippen LogP contribution in [0.2, 0.25) is 0 Å². The Labute approximate surface area is 127 Å². The van der Waals surface area contributed by atoms with Gasteiger partial charge in [0.1, 0.15) is 11.6 Å². The quantitative estimate of drug-likeness (QED) is 0.852. The second-order valence-corrected chi connectivity index (χ2v) is 6.40. The molecule has 0 saturated carbocycles. The molecule has 0 saturated heterocycles. The van der Waals surface area contributed by atoms with Crippen molar-refractivity contribution >= 4 is 32.4 Å². The van der Waals surface area contributed by atoms with Crippen molar-refractivity contribution in [3.05, 3.63) is 52.3 Å². The summed E-state index contributed by atoms with van der Waals surface area (Å²) in [5, 5.41) is 0. The summed E-state index contributed by atoms with van der Waals surface area (Å²) >= 11 is 3.40. The van der Waals surface area contributed by atoms with Crippen LogP contribution >= 0.6 is 15.9 Å². The number of nitrogen functional groups attached to an aromatic ring is 1. The third-order valence-corrected chi connectivity index (χ3v) is 4.95. The number of anilines is 1. The molecule has 2 N–H and O–H groups in total. The molecule has 3 nitrogen and oxygen atoms in total. The summed E-state index contributed by atoms with van der Waals surface area (Å²) < 4.78 is 31.5. The Morgan fingerprint density at radius 3 is 2.75 bits per heavy atom. The third kappa shape index (κ3) is 3.37. The molecule has 1 atom stereocenters. The van der Waals surface area contributed by atoms with Crippen LogP contribution < -0.4 is 10.5 Å². The molecule has 20 heavy (non-hydrogen) atoms. The fourth-order valence-electron chi connectivity index (χ4n) is 1.71. The van der Waals surface area contributed by atoms with Gasteiger partial charge in [0, 0.05) is 10.2 Å². The average Bonchev–Trinajstić information content (AvgIpc) is 2.43. The van der Waals surface area contributed by atoms with Crippen LogP contribution in [0.3, 0.4) is 0 Å². The van der Waals surface area contributed by atoms with E-state index in [9.17, 15) is 8.60 Å². The third-order valence-electron chi connectivity index (χ3n) is 2.76. The highest BCUT2D eigenvalue weighted by Gasteiger charge is 2.12. The highest BCUT2D eigenvalue weighted by molar-refractivity contribution is 9.10. The Kier molecular flexibility index (Phi) is 4.77. The summed E-state index contributed by atoms with van der Waals surface area (Å²) in [6.07, 6.45) is 0. The molecule has 0 amide bonds. The van der Waals surface area contributed by atoms with Gasteiger partial charge in [-0.25, -0.2) is 4.39 Å². The Bertz CT molecular complexity index is 664. The molecule has 0 fully saturated rings. The molecule has 0 bridgehead atoms. The molecule has 2 aromatic carbocycles. The number of hydrogen-bond donors (Lipinski definition) is 1. The van der Waals surface area contributed by atoms with E-state index in [0.717, 1.165) is 10.0 Å². The first kappa shape index (κ1) is 15.0. The Balaban J connectivity index is 2.30. The van der Waals surface area contributed by atoms with Gasteiger partial charge >= 0.3 is 0 Å². The van der Waals surface area contributed by atoms with Crippen LogP contribution in [-0.4, -0.2) is 11.3 Å². The van der Waals surface area contributed by atoms with Gasteiger partial charge in [0.2, 0.25) is 0 Å². The SMILES string of the molecule is COc1ccc(Br)c(CS(=O)c2cc(F)ccc2N)c1. The van der Waals surface area contributed by atoms with Gasteiger partial charge in [-0.2, -0.15) is 0 Å². The van der Waals surface area contributed by atoms with Crippen LogP contribution in [0.4, 0.5) is 10.1 Å². The van der Waals surface area contributed by atoms with E-state index in [1.807, 2.05) is 6.07 Å². The molecule has 2 rings (SSSR count). The second kappa shape index (κ2) is 6.37. The molecule has 106 valence electrons. The molecule has 0 aromatic heterocycles. The minimum absolute atomic E-state index is 0.228. The van der Waals surface area contributed by atoms with Gasteiger partial charge in [-0.15, -0.1) is 0 Å². The van der Waals surface area contributed by atoms with Gasteiger partial charge in [0.05, 0.1) is 28.6 Å². The summed E-state index contributed by atoms with van der Waals surface area (Å²) in [5.41, 5.74) is 6.88. The molecule has 0 heterocycles. The summed E-state index contributed by atoms with van der Waals surface area (Å²) in [5.74, 6) is 0.450. The zero-order chi connectivity index (χ0) is 14.7. The summed E-state index contributed by atoms with van der Waals surface area (Å²) in [6.45, 7) is 0. The zero-order valence-corrected chi connectivity index (χ0v) is 13.1. The van der Waals surface area contributed by atoms with Crippen molar-refractivity contribution in [1.29, 1.82) is 0 Å². The molecule has 2 aromatic rings. The lowest BCUT2D eigenvalue weighted by Gasteiger charge is -2.09. The minimum atomic E-state index is -1.43. The fourth-order valence-corrected chi connectivity index (χ4v) is 3.54. The molecule has 1 unspecified atom stereocenters. The molecule has 6 heteroatoms. The van der Waals surface area contributed by atoms with Crippen LogP contribution in [0.25, 0.3) is 0 Å². The normalized spacial score (nSPS) is 12.2. The largest absolute Gasteiger partial charge is 0.497 e. The Hall–Kier alpha value is -1.40. The fraction of sp³-hybridized carbons (Fsp3) is 0.143. The molecular formula is C14H13BrFNO2S. The van der Waals surface area contributed by atoms with E-state index >= 15 is 0 Å². The standard InChI is InChI=1S/C14H13BrFNO2S/c1-19-11-3-4-12(15)9(6-11)8-20(18)14-7-10(16)2-5-13(14)17/h2-7H,8,17H2,1H3. The van der Waals surface area contributed by atoms with Crippen molar-refractivity contribution in [2.24, 2.45) is 0 Å². The number of halogens is 2. The van der Waals surface area contributed by atoms with Gasteiger partial charge in [0.25, 0.3) is 0 Å². The molecule has 0 spiro atoms. The van der Waals surface area contributed by atoms with Crippen molar-refractivity contribution in [3.63, 3.8) is 0 Å². The number of rotatable bonds is 4. The Morgan fingerprint density at radius 2 is 2.05 bits per heavy atom. The highest BCUT2D eigenvalue weighted by Crippen LogP contribution is 2.27. The Morgan fingerprint density at radius 1 is 1.30 bits per heavy atom. The smallest absolute Gasteiger partial charge is 0.124 e. The van der Waals surface area contributed by atoms with E-state index in [2.05, 4.69) is 15.9 Å². The van der Waals surface area contributed by atoms with Crippen LogP contribution in [0.1, 0.15) is 5.56 Å². The van der Waals surface area contributed by atoms with Gasteiger partial charge in [-0.3, -0.25) is 4.21 Å². The zero-order valence-electron chi connectivity index (χ0n) is 10.7. The highest BCUT2D eigenvalue weighted by atomic mass is 79.9. The van der Waals surface area contributed by atoms with E-state index in [-0.39, 0.29) is 5.75 Å². The lowest BCUT2D eigenvalue weighted by Crippen LogP contribution is -2.02. The van der Waals surface area contributed by atoms with Crippen LogP contribution in [-0.2, 0) is 16.6 Å². The summed E-state index contributed by atoms with van der Waals surface area (Å²) in [4.78, 5) is 0.305. The van der Waals surface area contributed by atoms with E-state index < -0.39 is 16.6 Å². The predicted molar refractivity (Wildman–Crippen MR) is 81.6 cm³/mol. The number of methoxy groups -OCH3 is 1. The van der Waals surface area contributed by atoms with Crippen molar-refractivity contribution in [2.45, 2.75) is 10.6 Å². The lowest BCUT2D eigenvalue weighted by atomic mass is 10.2. The summed E-state index contributed by atoms with van der Waals surface area (Å²) in [7, 11) is 0.137. The first-order valence-electron chi connectivity index (χ1n) is 5.77. The van der Waals surface area contributed by atoms with E-state index in [1.54, 1.807) is 19.2 Å². The van der Waals surface area contributed by atoms with E-state index in [4.69, 9.17) is 10.5 Å². The van der Waals surface area contributed by atoms with Crippen LogP contribution in [0.5, 0.6) is 5.75 Å². The van der Waals surface area contributed by atoms with Crippen LogP contribution in [0.15, 0.2) is 45.8 Å². The maximum absolute atomic E-state index is 13.2. The maximum Gasteiger partial charge on any atom is 0.124 e. The number of ether oxygens (including phenoxy) is 1. The topological polar surface area (TPSA) is 52.3 Å². The van der Waals surface area contributed by atoms with E-state index in [0.29, 0.717) is 16.3 Å². The first-order chi connectivity index (χ1) is 9.51. The van der Waals surface area contributed by atoms with E-state index in [1.165, 1.54) is 18.2 Å². The number of hydrogen-bond acceptors (Lipinski definition) is 3. The lowest BCUT2D eigenvalue weighted by molar-refractivity contribution is 0.414. The predicted octanol–water partition coefficient (Wildman–Crippen LogP) is 3.49. The van der Waals surface area contributed by atoms with Gasteiger partial charge in [0.15, 0.2) is 0 Å². The first-order valence-corrected chi connectivity index (χ1v) is 7.88. The monoisotopic (exact) mass is 357 g/mol. The van der Waals surface area contributed by atoms with Crippen molar-refractivity contribution < 1.29 is 13.3 Å². The van der Waals surface area contributed by atoms with Crippen molar-refractivity contribution in [1.82, 2.24) is 0 Å². The molecule has 0 aliphatic rings. The molecule has 0 radical (unpaired) electrons. The number of benzene rings is 2. The minimum Gasteiger partial charge on any atom is -0.497 e. The van der Waals surface area contributed by atoms with Crippen LogP contribution in [0, 0.1) is 5.82 Å². The molecule has 0 aliphatic heterocycles. The van der Waals surface area contributed by atoms with Gasteiger partial charge in [-0.05, 0) is 42.0 Å². The van der Waals surface area contributed by atoms with Gasteiger partial charge in [-0.1, -0.05) is 15.9 Å². The molecule has 0 aliphatic carbocycles. The van der Waals surface area contributed by atoms with Gasteiger partial charge < -0.3 is 10.5 Å². The summed E-state index contributed by atoms with van der Waals surface area (Å²) in [6, 6.07) is 9.28. The van der Waals surface area contributed by atoms with Crippen molar-refractivity contribution in [2.75, 3.05) is 12.8 Å². The average molecular weight is 358 g/mol. The second-order valence-electron chi connectivity index (χ2n) is 4.13.